The molecule has 0 saturated carbocycles. The molecule has 0 bridgehead atoms. The Balaban J connectivity index is 1.98. The summed E-state index contributed by atoms with van der Waals surface area (Å²) in [6.45, 7) is 5.03. The van der Waals surface area contributed by atoms with Gasteiger partial charge >= 0.3 is 0 Å². The van der Waals surface area contributed by atoms with E-state index in [2.05, 4.69) is 75.3 Å². The maximum atomic E-state index is 5.82. The fraction of sp³-hybridized carbons (Fsp3) is 0.294. The summed E-state index contributed by atoms with van der Waals surface area (Å²) in [5.41, 5.74) is 3.53. The second-order valence-corrected chi connectivity index (χ2v) is 7.26. The molecule has 1 N–H and O–H groups in total. The number of fused-ring (bicyclic) bond motifs is 1. The van der Waals surface area contributed by atoms with Crippen molar-refractivity contribution in [3.63, 3.8) is 0 Å². The quantitative estimate of drug-likeness (QED) is 0.685. The van der Waals surface area contributed by atoms with E-state index in [1.165, 1.54) is 11.1 Å². The van der Waals surface area contributed by atoms with Crippen LogP contribution in [0.15, 0.2) is 45.3 Å². The fourth-order valence-corrected chi connectivity index (χ4v) is 4.35. The molecule has 21 heavy (non-hydrogen) atoms. The Bertz CT molecular complexity index is 649. The van der Waals surface area contributed by atoms with Crippen molar-refractivity contribution in [2.24, 2.45) is 5.92 Å². The fourth-order valence-electron chi connectivity index (χ4n) is 2.71. The van der Waals surface area contributed by atoms with E-state index in [1.54, 1.807) is 0 Å². The molecule has 110 valence electrons. The average Bonchev–Trinajstić information content (AvgIpc) is 2.44. The van der Waals surface area contributed by atoms with Crippen LogP contribution in [0.2, 0.25) is 0 Å². The van der Waals surface area contributed by atoms with Crippen molar-refractivity contribution in [3.8, 4) is 5.75 Å². The zero-order valence-corrected chi connectivity index (χ0v) is 15.2. The number of anilines is 1. The van der Waals surface area contributed by atoms with Crippen LogP contribution < -0.4 is 10.1 Å². The van der Waals surface area contributed by atoms with E-state index < -0.39 is 0 Å². The lowest BCUT2D eigenvalue weighted by atomic mass is 9.92. The lowest BCUT2D eigenvalue weighted by Crippen LogP contribution is -2.29. The predicted octanol–water partition coefficient (Wildman–Crippen LogP) is 5.70. The smallest absolute Gasteiger partial charge is 0.124 e. The van der Waals surface area contributed by atoms with Gasteiger partial charge in [0, 0.05) is 20.4 Å². The number of hydrogen-bond acceptors (Lipinski definition) is 2. The molecule has 3 rings (SSSR count). The highest BCUT2D eigenvalue weighted by atomic mass is 79.9. The number of nitrogens with one attached hydrogen (secondary N) is 1. The third-order valence-electron chi connectivity index (χ3n) is 3.81. The summed E-state index contributed by atoms with van der Waals surface area (Å²) in [6, 6.07) is 12.8. The molecule has 0 aromatic heterocycles. The van der Waals surface area contributed by atoms with Crippen LogP contribution in [0.5, 0.6) is 5.75 Å². The highest BCUT2D eigenvalue weighted by molar-refractivity contribution is 9.11. The van der Waals surface area contributed by atoms with E-state index in [0.717, 1.165) is 27.0 Å². The van der Waals surface area contributed by atoms with E-state index >= 15 is 0 Å². The standard InChI is InChI=1S/C17H17Br2NO/c1-10-7-13(18)17(14(19)8-10)20-16-11(2)9-21-15-6-4-3-5-12(15)16/h3-8,11,16,20H,9H2,1-2H3. The van der Waals surface area contributed by atoms with Crippen LogP contribution in [0.3, 0.4) is 0 Å². The molecule has 4 heteroatoms. The largest absolute Gasteiger partial charge is 0.493 e. The lowest BCUT2D eigenvalue weighted by molar-refractivity contribution is 0.214. The van der Waals surface area contributed by atoms with Gasteiger partial charge in [-0.2, -0.15) is 0 Å². The van der Waals surface area contributed by atoms with E-state index in [1.807, 2.05) is 12.1 Å². The first-order valence-electron chi connectivity index (χ1n) is 7.00. The molecule has 0 radical (unpaired) electrons. The third kappa shape index (κ3) is 2.97. The zero-order valence-electron chi connectivity index (χ0n) is 12.0. The van der Waals surface area contributed by atoms with Crippen molar-refractivity contribution in [2.75, 3.05) is 11.9 Å². The molecule has 1 aliphatic rings. The predicted molar refractivity (Wildman–Crippen MR) is 94.0 cm³/mol. The molecular weight excluding hydrogens is 394 g/mol. The number of rotatable bonds is 2. The number of aryl methyl sites for hydroxylation is 1. The molecule has 2 atom stereocenters. The second-order valence-electron chi connectivity index (χ2n) is 5.55. The third-order valence-corrected chi connectivity index (χ3v) is 5.06. The Kier molecular flexibility index (Phi) is 4.27. The van der Waals surface area contributed by atoms with Crippen molar-refractivity contribution in [2.45, 2.75) is 19.9 Å². The summed E-state index contributed by atoms with van der Waals surface area (Å²) in [7, 11) is 0. The Labute approximate surface area is 142 Å². The van der Waals surface area contributed by atoms with Gasteiger partial charge in [-0.25, -0.2) is 0 Å². The summed E-state index contributed by atoms with van der Waals surface area (Å²) >= 11 is 7.32. The Morgan fingerprint density at radius 1 is 1.14 bits per heavy atom. The van der Waals surface area contributed by atoms with E-state index in [4.69, 9.17) is 4.74 Å². The Morgan fingerprint density at radius 3 is 2.52 bits per heavy atom. The SMILES string of the molecule is Cc1cc(Br)c(NC2c3ccccc3OCC2C)c(Br)c1. The summed E-state index contributed by atoms with van der Waals surface area (Å²) in [5, 5.41) is 3.68. The Morgan fingerprint density at radius 2 is 1.81 bits per heavy atom. The van der Waals surface area contributed by atoms with Crippen molar-refractivity contribution >= 4 is 37.5 Å². The van der Waals surface area contributed by atoms with Crippen LogP contribution in [0.25, 0.3) is 0 Å². The first-order chi connectivity index (χ1) is 10.1. The number of hydrogen-bond donors (Lipinski definition) is 1. The topological polar surface area (TPSA) is 21.3 Å². The summed E-state index contributed by atoms with van der Waals surface area (Å²) in [6.07, 6.45) is 0. The first kappa shape index (κ1) is 14.9. The summed E-state index contributed by atoms with van der Waals surface area (Å²) < 4.78 is 7.97. The van der Waals surface area contributed by atoms with Crippen molar-refractivity contribution < 1.29 is 4.74 Å². The van der Waals surface area contributed by atoms with Crippen LogP contribution in [0, 0.1) is 12.8 Å². The molecule has 2 nitrogen and oxygen atoms in total. The maximum absolute atomic E-state index is 5.82. The minimum atomic E-state index is 0.241. The Hall–Kier alpha value is -1.00. The molecule has 2 aromatic carbocycles. The molecule has 1 aliphatic heterocycles. The number of para-hydroxylation sites is 1. The van der Waals surface area contributed by atoms with Crippen LogP contribution in [0.4, 0.5) is 5.69 Å². The molecule has 2 aromatic rings. The van der Waals surface area contributed by atoms with E-state index in [0.29, 0.717) is 5.92 Å². The maximum Gasteiger partial charge on any atom is 0.124 e. The second kappa shape index (κ2) is 6.01. The first-order valence-corrected chi connectivity index (χ1v) is 8.59. The zero-order chi connectivity index (χ0) is 15.0. The van der Waals surface area contributed by atoms with Gasteiger partial charge in [-0.1, -0.05) is 25.1 Å². The van der Waals surface area contributed by atoms with Gasteiger partial charge in [0.05, 0.1) is 18.3 Å². The molecule has 2 unspecified atom stereocenters. The highest BCUT2D eigenvalue weighted by Gasteiger charge is 2.28. The van der Waals surface area contributed by atoms with Crippen molar-refractivity contribution in [1.82, 2.24) is 0 Å². The van der Waals surface area contributed by atoms with Crippen LogP contribution in [-0.4, -0.2) is 6.61 Å². The van der Waals surface area contributed by atoms with Crippen molar-refractivity contribution in [1.29, 1.82) is 0 Å². The van der Waals surface area contributed by atoms with Gasteiger partial charge in [-0.3, -0.25) is 0 Å². The molecule has 0 spiro atoms. The van der Waals surface area contributed by atoms with Crippen molar-refractivity contribution in [3.05, 3.63) is 56.5 Å². The number of ether oxygens (including phenoxy) is 1. The summed E-state index contributed by atoms with van der Waals surface area (Å²) in [5.74, 6) is 1.38. The van der Waals surface area contributed by atoms with Gasteiger partial charge in [0.15, 0.2) is 0 Å². The molecule has 1 heterocycles. The normalized spacial score (nSPS) is 20.6. The van der Waals surface area contributed by atoms with Gasteiger partial charge < -0.3 is 10.1 Å². The lowest BCUT2D eigenvalue weighted by Gasteiger charge is -2.33. The molecule has 0 saturated heterocycles. The monoisotopic (exact) mass is 409 g/mol. The molecule has 0 amide bonds. The molecule has 0 aliphatic carbocycles. The minimum absolute atomic E-state index is 0.241. The van der Waals surface area contributed by atoms with Crippen LogP contribution >= 0.6 is 31.9 Å². The van der Waals surface area contributed by atoms with Crippen LogP contribution in [0.1, 0.15) is 24.1 Å². The number of halogens is 2. The summed E-state index contributed by atoms with van der Waals surface area (Å²) in [4.78, 5) is 0. The van der Waals surface area contributed by atoms with Gasteiger partial charge in [-0.15, -0.1) is 0 Å². The van der Waals surface area contributed by atoms with Gasteiger partial charge in [0.1, 0.15) is 5.75 Å². The molecular formula is C17H17Br2NO. The van der Waals surface area contributed by atoms with Gasteiger partial charge in [-0.05, 0) is 62.5 Å². The van der Waals surface area contributed by atoms with E-state index in [-0.39, 0.29) is 6.04 Å². The number of benzene rings is 2. The minimum Gasteiger partial charge on any atom is -0.493 e. The average molecular weight is 411 g/mol. The van der Waals surface area contributed by atoms with E-state index in [9.17, 15) is 0 Å². The van der Waals surface area contributed by atoms with Gasteiger partial charge in [0.2, 0.25) is 0 Å². The van der Waals surface area contributed by atoms with Crippen LogP contribution in [-0.2, 0) is 0 Å². The molecule has 0 fully saturated rings. The highest BCUT2D eigenvalue weighted by Crippen LogP contribution is 2.41. The van der Waals surface area contributed by atoms with Gasteiger partial charge in [0.25, 0.3) is 0 Å².